The van der Waals surface area contributed by atoms with E-state index in [1.54, 1.807) is 42.9 Å². The normalized spacial score (nSPS) is 12.7. The first-order valence-corrected chi connectivity index (χ1v) is 12.2. The Bertz CT molecular complexity index is 1290. The third-order valence-electron chi connectivity index (χ3n) is 5.45. The predicted octanol–water partition coefficient (Wildman–Crippen LogP) is 3.12. The van der Waals surface area contributed by atoms with Crippen molar-refractivity contribution in [1.29, 1.82) is 0 Å². The molecule has 2 N–H and O–H groups in total. The van der Waals surface area contributed by atoms with Crippen molar-refractivity contribution in [2.24, 2.45) is 13.0 Å². The monoisotopic (exact) mass is 470 g/mol. The first-order valence-electron chi connectivity index (χ1n) is 10.7. The van der Waals surface area contributed by atoms with Gasteiger partial charge in [0.2, 0.25) is 15.9 Å². The lowest BCUT2D eigenvalue weighted by atomic mass is 10.0. The van der Waals surface area contributed by atoms with Crippen LogP contribution in [0.15, 0.2) is 64.3 Å². The molecule has 1 heterocycles. The van der Waals surface area contributed by atoms with Gasteiger partial charge in [0.25, 0.3) is 5.56 Å². The summed E-state index contributed by atoms with van der Waals surface area (Å²) in [5, 5.41) is 2.68. The van der Waals surface area contributed by atoms with E-state index >= 15 is 0 Å². The highest BCUT2D eigenvalue weighted by Gasteiger charge is 2.28. The molecule has 0 spiro atoms. The number of amides is 1. The fourth-order valence-electron chi connectivity index (χ4n) is 3.58. The molecule has 9 heteroatoms. The van der Waals surface area contributed by atoms with Gasteiger partial charge in [-0.15, -0.1) is 0 Å². The smallest absolute Gasteiger partial charge is 0.295 e. The van der Waals surface area contributed by atoms with Crippen molar-refractivity contribution in [3.8, 4) is 5.69 Å². The maximum absolute atomic E-state index is 13.2. The van der Waals surface area contributed by atoms with Crippen LogP contribution in [0.5, 0.6) is 0 Å². The zero-order valence-electron chi connectivity index (χ0n) is 19.5. The second kappa shape index (κ2) is 9.76. The SMILES string of the molecule is Cc1ccc(S(=O)(=O)N[C@@H](CC(C)C)C(=O)Nc2c(C)n(C)n(-c3ccccc3)c2=O)cc1. The topological polar surface area (TPSA) is 102 Å². The van der Waals surface area contributed by atoms with Crippen LogP contribution >= 0.6 is 0 Å². The number of nitrogens with zero attached hydrogens (tertiary/aromatic N) is 2. The van der Waals surface area contributed by atoms with Crippen molar-refractivity contribution in [3.63, 3.8) is 0 Å². The molecule has 3 aromatic rings. The summed E-state index contributed by atoms with van der Waals surface area (Å²) in [5.41, 5.74) is 1.88. The van der Waals surface area contributed by atoms with Gasteiger partial charge in [-0.3, -0.25) is 14.3 Å². The molecule has 1 aromatic heterocycles. The average molecular weight is 471 g/mol. The van der Waals surface area contributed by atoms with E-state index in [0.29, 0.717) is 11.4 Å². The molecule has 0 aliphatic heterocycles. The second-order valence-corrected chi connectivity index (χ2v) is 10.3. The summed E-state index contributed by atoms with van der Waals surface area (Å²) in [6.07, 6.45) is 0.273. The summed E-state index contributed by atoms with van der Waals surface area (Å²) in [5.74, 6) is -0.537. The van der Waals surface area contributed by atoms with Crippen molar-refractivity contribution in [3.05, 3.63) is 76.2 Å². The van der Waals surface area contributed by atoms with E-state index in [1.165, 1.54) is 16.8 Å². The molecule has 3 rings (SSSR count). The fraction of sp³-hybridized carbons (Fsp3) is 0.333. The molecule has 176 valence electrons. The number of nitrogens with one attached hydrogen (secondary N) is 2. The lowest BCUT2D eigenvalue weighted by Gasteiger charge is -2.20. The van der Waals surface area contributed by atoms with Gasteiger partial charge in [-0.1, -0.05) is 49.7 Å². The van der Waals surface area contributed by atoms with Crippen molar-refractivity contribution in [2.45, 2.75) is 45.1 Å². The molecule has 2 aromatic carbocycles. The predicted molar refractivity (Wildman–Crippen MR) is 129 cm³/mol. The number of hydrogen-bond donors (Lipinski definition) is 2. The van der Waals surface area contributed by atoms with E-state index in [2.05, 4.69) is 10.0 Å². The van der Waals surface area contributed by atoms with Gasteiger partial charge in [-0.05, 0) is 50.5 Å². The Morgan fingerprint density at radius 1 is 1.00 bits per heavy atom. The molecular weight excluding hydrogens is 440 g/mol. The lowest BCUT2D eigenvalue weighted by molar-refractivity contribution is -0.118. The highest BCUT2D eigenvalue weighted by molar-refractivity contribution is 7.89. The Labute approximate surface area is 194 Å². The molecule has 0 aliphatic carbocycles. The Balaban J connectivity index is 1.91. The quantitative estimate of drug-likeness (QED) is 0.528. The number of sulfonamides is 1. The minimum absolute atomic E-state index is 0.0410. The van der Waals surface area contributed by atoms with Gasteiger partial charge in [0.05, 0.1) is 16.3 Å². The number of aryl methyl sites for hydroxylation is 1. The van der Waals surface area contributed by atoms with Crippen molar-refractivity contribution >= 4 is 21.6 Å². The summed E-state index contributed by atoms with van der Waals surface area (Å²) >= 11 is 0. The van der Waals surface area contributed by atoms with Gasteiger partial charge >= 0.3 is 0 Å². The number of para-hydroxylation sites is 1. The van der Waals surface area contributed by atoms with E-state index in [1.807, 2.05) is 39.0 Å². The molecule has 0 bridgehead atoms. The zero-order chi connectivity index (χ0) is 24.3. The number of hydrogen-bond acceptors (Lipinski definition) is 4. The van der Waals surface area contributed by atoms with Gasteiger partial charge in [0, 0.05) is 7.05 Å². The minimum atomic E-state index is -3.92. The number of anilines is 1. The number of carbonyl (C=O) groups excluding carboxylic acids is 1. The highest BCUT2D eigenvalue weighted by Crippen LogP contribution is 2.17. The molecule has 8 nitrogen and oxygen atoms in total. The van der Waals surface area contributed by atoms with Crippen LogP contribution in [0.4, 0.5) is 5.69 Å². The minimum Gasteiger partial charge on any atom is -0.319 e. The number of rotatable bonds is 8. The Hall–Kier alpha value is -3.17. The van der Waals surface area contributed by atoms with Gasteiger partial charge in [-0.25, -0.2) is 13.1 Å². The van der Waals surface area contributed by atoms with Gasteiger partial charge < -0.3 is 5.32 Å². The molecule has 1 atom stereocenters. The number of benzene rings is 2. The van der Waals surface area contributed by atoms with Crippen molar-refractivity contribution in [1.82, 2.24) is 14.1 Å². The molecule has 0 aliphatic rings. The molecule has 0 radical (unpaired) electrons. The van der Waals surface area contributed by atoms with Crippen LogP contribution in [0.2, 0.25) is 0 Å². The second-order valence-electron chi connectivity index (χ2n) is 8.54. The van der Waals surface area contributed by atoms with Crippen LogP contribution in [-0.2, 0) is 21.9 Å². The Kier molecular flexibility index (Phi) is 7.24. The van der Waals surface area contributed by atoms with Crippen LogP contribution in [0, 0.1) is 19.8 Å². The average Bonchev–Trinajstić information content (AvgIpc) is 2.96. The van der Waals surface area contributed by atoms with Crippen LogP contribution in [0.25, 0.3) is 5.69 Å². The molecule has 1 amide bonds. The molecule has 0 saturated carbocycles. The molecular formula is C24H30N4O4S. The van der Waals surface area contributed by atoms with E-state index in [9.17, 15) is 18.0 Å². The van der Waals surface area contributed by atoms with Gasteiger partial charge in [0.15, 0.2) is 0 Å². The zero-order valence-corrected chi connectivity index (χ0v) is 20.3. The van der Waals surface area contributed by atoms with E-state index in [4.69, 9.17) is 0 Å². The lowest BCUT2D eigenvalue weighted by Crippen LogP contribution is -2.45. The summed E-state index contributed by atoms with van der Waals surface area (Å²) in [4.78, 5) is 26.4. The maximum atomic E-state index is 13.2. The number of aromatic nitrogens is 2. The summed E-state index contributed by atoms with van der Waals surface area (Å²) in [6, 6.07) is 14.4. The summed E-state index contributed by atoms with van der Waals surface area (Å²) < 4.78 is 31.4. The maximum Gasteiger partial charge on any atom is 0.295 e. The standard InChI is InChI=1S/C24H30N4O4S/c1-16(2)15-21(26-33(31,32)20-13-11-17(3)12-14-20)23(29)25-22-18(4)27(5)28(24(22)30)19-9-7-6-8-10-19/h6-14,16,21,26H,15H2,1-5H3,(H,25,29)/t21-/m0/s1. The Morgan fingerprint density at radius 2 is 1.61 bits per heavy atom. The van der Waals surface area contributed by atoms with Gasteiger partial charge in [-0.2, -0.15) is 4.72 Å². The molecule has 0 saturated heterocycles. The first-order chi connectivity index (χ1) is 15.5. The summed E-state index contributed by atoms with van der Waals surface area (Å²) in [7, 11) is -2.20. The van der Waals surface area contributed by atoms with E-state index in [-0.39, 0.29) is 28.5 Å². The van der Waals surface area contributed by atoms with Crippen LogP contribution in [-0.4, -0.2) is 29.7 Å². The van der Waals surface area contributed by atoms with Crippen molar-refractivity contribution < 1.29 is 13.2 Å². The van der Waals surface area contributed by atoms with E-state index in [0.717, 1.165) is 5.56 Å². The number of carbonyl (C=O) groups is 1. The third kappa shape index (κ3) is 5.43. The summed E-state index contributed by atoms with van der Waals surface area (Å²) in [6.45, 7) is 7.39. The molecule has 0 unspecified atom stereocenters. The molecule has 0 fully saturated rings. The fourth-order valence-corrected chi connectivity index (χ4v) is 4.78. The largest absolute Gasteiger partial charge is 0.319 e. The highest BCUT2D eigenvalue weighted by atomic mass is 32.2. The Morgan fingerprint density at radius 3 is 2.18 bits per heavy atom. The van der Waals surface area contributed by atoms with Crippen LogP contribution in [0.1, 0.15) is 31.5 Å². The van der Waals surface area contributed by atoms with E-state index < -0.39 is 22.0 Å². The van der Waals surface area contributed by atoms with Crippen LogP contribution in [0.3, 0.4) is 0 Å². The van der Waals surface area contributed by atoms with Crippen LogP contribution < -0.4 is 15.6 Å². The third-order valence-corrected chi connectivity index (χ3v) is 6.94. The first kappa shape index (κ1) is 24.5. The van der Waals surface area contributed by atoms with Gasteiger partial charge in [0.1, 0.15) is 11.7 Å². The van der Waals surface area contributed by atoms with Crippen molar-refractivity contribution in [2.75, 3.05) is 5.32 Å². The molecule has 33 heavy (non-hydrogen) atoms.